The van der Waals surface area contributed by atoms with Gasteiger partial charge in [0.25, 0.3) is 0 Å². The van der Waals surface area contributed by atoms with Crippen molar-refractivity contribution in [2.45, 2.75) is 18.7 Å². The molecule has 0 amide bonds. The Hall–Kier alpha value is -1.20. The van der Waals surface area contributed by atoms with Crippen molar-refractivity contribution in [2.24, 2.45) is 0 Å². The van der Waals surface area contributed by atoms with Crippen LogP contribution in [0.4, 0.5) is 0 Å². The summed E-state index contributed by atoms with van der Waals surface area (Å²) in [6, 6.07) is 7.30. The number of carboxylic acid groups (broad SMARTS) is 1. The minimum atomic E-state index is -0.805. The average Bonchev–Trinajstić information content (AvgIpc) is 2.38. The van der Waals surface area contributed by atoms with Gasteiger partial charge in [0.15, 0.2) is 0 Å². The van der Waals surface area contributed by atoms with Gasteiger partial charge in [-0.05, 0) is 38.1 Å². The highest BCUT2D eigenvalue weighted by atomic mass is 32.2. The van der Waals surface area contributed by atoms with Crippen LogP contribution in [0.25, 0.3) is 0 Å². The Labute approximate surface area is 112 Å². The molecular formula is C13H20O4S. The first-order valence-electron chi connectivity index (χ1n) is 5.70. The van der Waals surface area contributed by atoms with Crippen molar-refractivity contribution in [3.05, 3.63) is 24.3 Å². The third-order valence-electron chi connectivity index (χ3n) is 1.83. The maximum absolute atomic E-state index is 10.3. The van der Waals surface area contributed by atoms with Gasteiger partial charge in [-0.1, -0.05) is 0 Å². The van der Waals surface area contributed by atoms with Crippen LogP contribution in [0.3, 0.4) is 0 Å². The van der Waals surface area contributed by atoms with Crippen molar-refractivity contribution in [1.29, 1.82) is 0 Å². The standard InChI is InChI=1S/C9H10O3S.C4H10O/c1-12-7-2-4-8(5-3-7)13-6-9(10)11;1-3-5-4-2/h2-5H,6H2,1H3,(H,10,11);3-4H2,1-2H3. The van der Waals surface area contributed by atoms with E-state index < -0.39 is 5.97 Å². The molecular weight excluding hydrogens is 252 g/mol. The highest BCUT2D eigenvalue weighted by Crippen LogP contribution is 2.20. The summed E-state index contributed by atoms with van der Waals surface area (Å²) >= 11 is 1.29. The molecule has 0 unspecified atom stereocenters. The number of ether oxygens (including phenoxy) is 2. The molecule has 0 heterocycles. The molecule has 0 bridgehead atoms. The Morgan fingerprint density at radius 1 is 1.22 bits per heavy atom. The number of carbonyl (C=O) groups is 1. The van der Waals surface area contributed by atoms with E-state index in [4.69, 9.17) is 14.6 Å². The van der Waals surface area contributed by atoms with Crippen LogP contribution in [0.5, 0.6) is 5.75 Å². The topological polar surface area (TPSA) is 55.8 Å². The first-order chi connectivity index (χ1) is 8.63. The van der Waals surface area contributed by atoms with Crippen molar-refractivity contribution in [3.63, 3.8) is 0 Å². The molecule has 18 heavy (non-hydrogen) atoms. The minimum absolute atomic E-state index is 0.0896. The average molecular weight is 272 g/mol. The van der Waals surface area contributed by atoms with E-state index in [0.717, 1.165) is 23.9 Å². The molecule has 0 aliphatic carbocycles. The zero-order chi connectivity index (χ0) is 13.8. The van der Waals surface area contributed by atoms with Crippen molar-refractivity contribution < 1.29 is 19.4 Å². The highest BCUT2D eigenvalue weighted by Gasteiger charge is 1.99. The summed E-state index contributed by atoms with van der Waals surface area (Å²) in [5, 5.41) is 8.43. The Kier molecular flexibility index (Phi) is 10.2. The van der Waals surface area contributed by atoms with Gasteiger partial charge in [-0.15, -0.1) is 11.8 Å². The smallest absolute Gasteiger partial charge is 0.313 e. The van der Waals surface area contributed by atoms with E-state index in [1.807, 2.05) is 38.1 Å². The first kappa shape index (κ1) is 16.8. The molecule has 0 fully saturated rings. The van der Waals surface area contributed by atoms with Crippen LogP contribution in [-0.4, -0.2) is 37.2 Å². The number of hydrogen-bond acceptors (Lipinski definition) is 4. The number of hydrogen-bond donors (Lipinski definition) is 1. The molecule has 102 valence electrons. The highest BCUT2D eigenvalue weighted by molar-refractivity contribution is 8.00. The molecule has 0 saturated carbocycles. The molecule has 0 radical (unpaired) electrons. The van der Waals surface area contributed by atoms with Crippen LogP contribution in [-0.2, 0) is 9.53 Å². The van der Waals surface area contributed by atoms with E-state index in [-0.39, 0.29) is 5.75 Å². The second-order valence-corrected chi connectivity index (χ2v) is 4.19. The number of rotatable bonds is 6. The van der Waals surface area contributed by atoms with E-state index >= 15 is 0 Å². The molecule has 1 N–H and O–H groups in total. The molecule has 4 nitrogen and oxygen atoms in total. The molecule has 0 spiro atoms. The summed E-state index contributed by atoms with van der Waals surface area (Å²) in [5.41, 5.74) is 0. The van der Waals surface area contributed by atoms with Crippen LogP contribution < -0.4 is 4.74 Å². The van der Waals surface area contributed by atoms with Gasteiger partial charge in [0.05, 0.1) is 12.9 Å². The summed E-state index contributed by atoms with van der Waals surface area (Å²) in [7, 11) is 1.60. The summed E-state index contributed by atoms with van der Waals surface area (Å²) in [6.07, 6.45) is 0. The predicted molar refractivity (Wildman–Crippen MR) is 73.5 cm³/mol. The van der Waals surface area contributed by atoms with Crippen LogP contribution in [0.1, 0.15) is 13.8 Å². The van der Waals surface area contributed by atoms with Gasteiger partial charge >= 0.3 is 5.97 Å². The monoisotopic (exact) mass is 272 g/mol. The fraction of sp³-hybridized carbons (Fsp3) is 0.462. The summed E-state index contributed by atoms with van der Waals surface area (Å²) in [4.78, 5) is 11.2. The number of aliphatic carboxylic acids is 1. The predicted octanol–water partition coefficient (Wildman–Crippen LogP) is 2.91. The van der Waals surface area contributed by atoms with Gasteiger partial charge in [-0.3, -0.25) is 4.79 Å². The van der Waals surface area contributed by atoms with Gasteiger partial charge < -0.3 is 14.6 Å². The SMILES string of the molecule is CCOCC.COc1ccc(SCC(=O)O)cc1. The zero-order valence-corrected chi connectivity index (χ0v) is 11.8. The van der Waals surface area contributed by atoms with Crippen LogP contribution in [0.2, 0.25) is 0 Å². The first-order valence-corrected chi connectivity index (χ1v) is 6.68. The molecule has 1 rings (SSSR count). The van der Waals surface area contributed by atoms with Crippen molar-refractivity contribution in [1.82, 2.24) is 0 Å². The fourth-order valence-corrected chi connectivity index (χ4v) is 1.64. The summed E-state index contributed by atoms with van der Waals surface area (Å²) in [5.74, 6) is 0.0623. The van der Waals surface area contributed by atoms with E-state index in [0.29, 0.717) is 0 Å². The molecule has 0 aliphatic heterocycles. The normalized spacial score (nSPS) is 9.28. The summed E-state index contributed by atoms with van der Waals surface area (Å²) < 4.78 is 9.80. The van der Waals surface area contributed by atoms with Gasteiger partial charge in [0, 0.05) is 18.1 Å². The molecule has 0 saturated heterocycles. The van der Waals surface area contributed by atoms with Gasteiger partial charge in [0.2, 0.25) is 0 Å². The third kappa shape index (κ3) is 8.90. The van der Waals surface area contributed by atoms with E-state index in [1.165, 1.54) is 11.8 Å². The number of carboxylic acids is 1. The molecule has 1 aromatic carbocycles. The second-order valence-electron chi connectivity index (χ2n) is 3.14. The second kappa shape index (κ2) is 10.9. The fourth-order valence-electron chi connectivity index (χ4n) is 1.02. The third-order valence-corrected chi connectivity index (χ3v) is 2.83. The zero-order valence-electron chi connectivity index (χ0n) is 11.0. The lowest BCUT2D eigenvalue weighted by molar-refractivity contribution is -0.133. The van der Waals surface area contributed by atoms with E-state index in [9.17, 15) is 4.79 Å². The van der Waals surface area contributed by atoms with Gasteiger partial charge in [-0.25, -0.2) is 0 Å². The number of benzene rings is 1. The molecule has 0 atom stereocenters. The lowest BCUT2D eigenvalue weighted by atomic mass is 10.3. The van der Waals surface area contributed by atoms with Crippen LogP contribution in [0, 0.1) is 0 Å². The molecule has 1 aromatic rings. The number of thioether (sulfide) groups is 1. The van der Waals surface area contributed by atoms with Crippen molar-refractivity contribution in [3.8, 4) is 5.75 Å². The number of methoxy groups -OCH3 is 1. The Morgan fingerprint density at radius 3 is 2.11 bits per heavy atom. The van der Waals surface area contributed by atoms with E-state index in [2.05, 4.69) is 0 Å². The molecule has 5 heteroatoms. The lowest BCUT2D eigenvalue weighted by Crippen LogP contribution is -1.97. The Morgan fingerprint density at radius 2 is 1.78 bits per heavy atom. The van der Waals surface area contributed by atoms with Crippen molar-refractivity contribution in [2.75, 3.05) is 26.1 Å². The van der Waals surface area contributed by atoms with Crippen LogP contribution in [0.15, 0.2) is 29.2 Å². The van der Waals surface area contributed by atoms with Gasteiger partial charge in [-0.2, -0.15) is 0 Å². The largest absolute Gasteiger partial charge is 0.497 e. The quantitative estimate of drug-likeness (QED) is 0.807. The van der Waals surface area contributed by atoms with Gasteiger partial charge in [0.1, 0.15) is 5.75 Å². The molecule has 0 aromatic heterocycles. The lowest BCUT2D eigenvalue weighted by Gasteiger charge is -2.00. The summed E-state index contributed by atoms with van der Waals surface area (Å²) in [6.45, 7) is 5.67. The van der Waals surface area contributed by atoms with E-state index in [1.54, 1.807) is 7.11 Å². The maximum Gasteiger partial charge on any atom is 0.313 e. The Bertz CT molecular complexity index is 322. The molecule has 0 aliphatic rings. The van der Waals surface area contributed by atoms with Crippen LogP contribution >= 0.6 is 11.8 Å². The maximum atomic E-state index is 10.3. The Balaban J connectivity index is 0.000000494. The minimum Gasteiger partial charge on any atom is -0.497 e. The van der Waals surface area contributed by atoms with Crippen molar-refractivity contribution >= 4 is 17.7 Å².